The Morgan fingerprint density at radius 3 is 2.11 bits per heavy atom. The number of aliphatic hydroxyl groups is 1. The average molecular weight is 279 g/mol. The third-order valence-electron chi connectivity index (χ3n) is 3.79. The van der Waals surface area contributed by atoms with Gasteiger partial charge in [0.1, 0.15) is 0 Å². The maximum Gasteiger partial charge on any atom is 0.237 e. The fraction of sp³-hybridized carbons (Fsp3) is 0.923. The Kier molecular flexibility index (Phi) is 6.61. The SMILES string of the molecule is CC(C)C(O)C1(CNC(=O)[C@@H](N)C(C)C)CC1.Cl. The minimum Gasteiger partial charge on any atom is -0.392 e. The summed E-state index contributed by atoms with van der Waals surface area (Å²) in [4.78, 5) is 11.7. The van der Waals surface area contributed by atoms with Crippen LogP contribution in [0.2, 0.25) is 0 Å². The third-order valence-corrected chi connectivity index (χ3v) is 3.79. The zero-order valence-electron chi connectivity index (χ0n) is 11.8. The molecule has 1 amide bonds. The Hall–Kier alpha value is -0.320. The van der Waals surface area contributed by atoms with E-state index in [1.54, 1.807) is 0 Å². The van der Waals surface area contributed by atoms with Gasteiger partial charge in [-0.05, 0) is 24.7 Å². The van der Waals surface area contributed by atoms with E-state index >= 15 is 0 Å². The van der Waals surface area contributed by atoms with E-state index in [1.165, 1.54) is 0 Å². The van der Waals surface area contributed by atoms with Crippen molar-refractivity contribution in [1.82, 2.24) is 5.32 Å². The summed E-state index contributed by atoms with van der Waals surface area (Å²) >= 11 is 0. The average Bonchev–Trinajstić information content (AvgIpc) is 3.04. The van der Waals surface area contributed by atoms with Gasteiger partial charge in [0.05, 0.1) is 12.1 Å². The van der Waals surface area contributed by atoms with Crippen molar-refractivity contribution in [2.45, 2.75) is 52.7 Å². The predicted octanol–water partition coefficient (Wildman–Crippen LogP) is 1.30. The van der Waals surface area contributed by atoms with E-state index in [4.69, 9.17) is 5.73 Å². The van der Waals surface area contributed by atoms with Crippen molar-refractivity contribution in [1.29, 1.82) is 0 Å². The number of rotatable bonds is 6. The highest BCUT2D eigenvalue weighted by Gasteiger charge is 2.49. The Bertz CT molecular complexity index is 278. The van der Waals surface area contributed by atoms with Crippen LogP contribution in [-0.2, 0) is 4.79 Å². The molecule has 0 spiro atoms. The zero-order valence-corrected chi connectivity index (χ0v) is 12.6. The summed E-state index contributed by atoms with van der Waals surface area (Å²) < 4.78 is 0. The highest BCUT2D eigenvalue weighted by Crippen LogP contribution is 2.50. The molecule has 0 bridgehead atoms. The first-order valence-corrected chi connectivity index (χ1v) is 6.51. The van der Waals surface area contributed by atoms with Crippen LogP contribution in [0.15, 0.2) is 0 Å². The second-order valence-corrected chi connectivity index (χ2v) is 6.04. The van der Waals surface area contributed by atoms with Crippen LogP contribution in [-0.4, -0.2) is 29.7 Å². The summed E-state index contributed by atoms with van der Waals surface area (Å²) in [5.74, 6) is 0.260. The minimum absolute atomic E-state index is 0. The summed E-state index contributed by atoms with van der Waals surface area (Å²) in [5.41, 5.74) is 5.67. The summed E-state index contributed by atoms with van der Waals surface area (Å²) in [6.07, 6.45) is 1.64. The largest absolute Gasteiger partial charge is 0.392 e. The highest BCUT2D eigenvalue weighted by atomic mass is 35.5. The van der Waals surface area contributed by atoms with Crippen molar-refractivity contribution < 1.29 is 9.90 Å². The van der Waals surface area contributed by atoms with E-state index in [-0.39, 0.29) is 41.7 Å². The number of nitrogens with one attached hydrogen (secondary N) is 1. The van der Waals surface area contributed by atoms with Gasteiger partial charge in [0.15, 0.2) is 0 Å². The van der Waals surface area contributed by atoms with Gasteiger partial charge in [-0.1, -0.05) is 27.7 Å². The number of halogens is 1. The molecular formula is C13H27ClN2O2. The van der Waals surface area contributed by atoms with Gasteiger partial charge in [-0.15, -0.1) is 12.4 Å². The molecule has 108 valence electrons. The quantitative estimate of drug-likeness (QED) is 0.686. The first kappa shape index (κ1) is 17.7. The van der Waals surface area contributed by atoms with E-state index < -0.39 is 6.04 Å². The van der Waals surface area contributed by atoms with Crippen molar-refractivity contribution in [2.75, 3.05) is 6.54 Å². The molecule has 2 atom stereocenters. The highest BCUT2D eigenvalue weighted by molar-refractivity contribution is 5.85. The normalized spacial score (nSPS) is 20.2. The Morgan fingerprint density at radius 2 is 1.78 bits per heavy atom. The van der Waals surface area contributed by atoms with Crippen LogP contribution < -0.4 is 11.1 Å². The van der Waals surface area contributed by atoms with Crippen molar-refractivity contribution in [3.63, 3.8) is 0 Å². The van der Waals surface area contributed by atoms with Crippen LogP contribution in [0.3, 0.4) is 0 Å². The summed E-state index contributed by atoms with van der Waals surface area (Å²) in [6, 6.07) is -0.456. The molecule has 1 unspecified atom stereocenters. The van der Waals surface area contributed by atoms with Gasteiger partial charge < -0.3 is 16.2 Å². The van der Waals surface area contributed by atoms with Gasteiger partial charge in [-0.2, -0.15) is 0 Å². The number of amides is 1. The molecule has 1 aliphatic rings. The summed E-state index contributed by atoms with van der Waals surface area (Å²) in [7, 11) is 0. The van der Waals surface area contributed by atoms with E-state index in [1.807, 2.05) is 27.7 Å². The number of hydrogen-bond donors (Lipinski definition) is 3. The number of nitrogens with two attached hydrogens (primary N) is 1. The van der Waals surface area contributed by atoms with Crippen molar-refractivity contribution >= 4 is 18.3 Å². The van der Waals surface area contributed by atoms with Crippen molar-refractivity contribution in [3.8, 4) is 0 Å². The first-order chi connectivity index (χ1) is 7.80. The molecule has 0 aromatic heterocycles. The van der Waals surface area contributed by atoms with Crippen LogP contribution in [0.25, 0.3) is 0 Å². The Morgan fingerprint density at radius 1 is 1.28 bits per heavy atom. The lowest BCUT2D eigenvalue weighted by Gasteiger charge is -2.26. The fourth-order valence-electron chi connectivity index (χ4n) is 2.13. The molecule has 1 fully saturated rings. The number of hydrogen-bond acceptors (Lipinski definition) is 3. The monoisotopic (exact) mass is 278 g/mol. The van der Waals surface area contributed by atoms with E-state index in [2.05, 4.69) is 5.32 Å². The maximum absolute atomic E-state index is 11.7. The van der Waals surface area contributed by atoms with Crippen LogP contribution >= 0.6 is 12.4 Å². The molecule has 5 heteroatoms. The lowest BCUT2D eigenvalue weighted by Crippen LogP contribution is -2.47. The van der Waals surface area contributed by atoms with Gasteiger partial charge in [0.25, 0.3) is 0 Å². The number of carbonyl (C=O) groups excluding carboxylic acids is 1. The van der Waals surface area contributed by atoms with Crippen LogP contribution in [0.5, 0.6) is 0 Å². The summed E-state index contributed by atoms with van der Waals surface area (Å²) in [6.45, 7) is 8.42. The number of aliphatic hydroxyl groups excluding tert-OH is 1. The molecule has 4 N–H and O–H groups in total. The van der Waals surface area contributed by atoms with Crippen LogP contribution in [0.4, 0.5) is 0 Å². The molecule has 0 heterocycles. The molecule has 4 nitrogen and oxygen atoms in total. The lowest BCUT2D eigenvalue weighted by molar-refractivity contribution is -0.123. The predicted molar refractivity (Wildman–Crippen MR) is 75.6 cm³/mol. The van der Waals surface area contributed by atoms with Gasteiger partial charge in [-0.25, -0.2) is 0 Å². The van der Waals surface area contributed by atoms with E-state index in [9.17, 15) is 9.90 Å². The molecular weight excluding hydrogens is 252 g/mol. The molecule has 0 radical (unpaired) electrons. The minimum atomic E-state index is -0.456. The van der Waals surface area contributed by atoms with Crippen molar-refractivity contribution in [2.24, 2.45) is 23.0 Å². The first-order valence-electron chi connectivity index (χ1n) is 6.51. The summed E-state index contributed by atoms with van der Waals surface area (Å²) in [5, 5.41) is 13.0. The molecule has 0 saturated heterocycles. The standard InChI is InChI=1S/C13H26N2O2.ClH/c1-8(2)10(14)12(17)15-7-13(5-6-13)11(16)9(3)4;/h8-11,16H,5-7,14H2,1-4H3,(H,15,17);1H/t10-,11?;/m0./s1. The second kappa shape index (κ2) is 6.73. The van der Waals surface area contributed by atoms with Gasteiger partial charge in [0, 0.05) is 12.0 Å². The second-order valence-electron chi connectivity index (χ2n) is 6.04. The molecule has 0 aliphatic heterocycles. The molecule has 0 aromatic carbocycles. The third kappa shape index (κ3) is 4.11. The number of carbonyl (C=O) groups is 1. The van der Waals surface area contributed by atoms with Gasteiger partial charge in [-0.3, -0.25) is 4.79 Å². The van der Waals surface area contributed by atoms with Gasteiger partial charge >= 0.3 is 0 Å². The van der Waals surface area contributed by atoms with E-state index in [0.717, 1.165) is 12.8 Å². The maximum atomic E-state index is 11.7. The van der Waals surface area contributed by atoms with Crippen LogP contribution in [0.1, 0.15) is 40.5 Å². The smallest absolute Gasteiger partial charge is 0.237 e. The Labute approximate surface area is 116 Å². The molecule has 0 aromatic rings. The van der Waals surface area contributed by atoms with Crippen molar-refractivity contribution in [3.05, 3.63) is 0 Å². The van der Waals surface area contributed by atoms with Gasteiger partial charge in [0.2, 0.25) is 5.91 Å². The molecule has 1 rings (SSSR count). The fourth-order valence-corrected chi connectivity index (χ4v) is 2.13. The topological polar surface area (TPSA) is 75.3 Å². The Balaban J connectivity index is 0.00000289. The van der Waals surface area contributed by atoms with E-state index in [0.29, 0.717) is 6.54 Å². The molecule has 1 saturated carbocycles. The molecule has 1 aliphatic carbocycles. The zero-order chi connectivity index (χ0) is 13.2. The molecule has 18 heavy (non-hydrogen) atoms. The van der Waals surface area contributed by atoms with Crippen LogP contribution in [0, 0.1) is 17.3 Å². The lowest BCUT2D eigenvalue weighted by atomic mass is 9.90.